The molecular weight excluding hydrogens is 375 g/mol. The first kappa shape index (κ1) is 15.6. The fourth-order valence-corrected chi connectivity index (χ4v) is 3.61. The zero-order valence-electron chi connectivity index (χ0n) is 11.7. The SMILES string of the molecule is CC1(COC(=O)C(C)(Cl)CI)C=C2CCCC(C2)C1. The van der Waals surface area contributed by atoms with Gasteiger partial charge in [-0.1, -0.05) is 41.2 Å². The van der Waals surface area contributed by atoms with E-state index in [4.69, 9.17) is 16.3 Å². The number of carbonyl (C=O) groups excluding carboxylic acids is 1. The highest BCUT2D eigenvalue weighted by Crippen LogP contribution is 2.44. The van der Waals surface area contributed by atoms with Crippen LogP contribution >= 0.6 is 34.2 Å². The number of allylic oxidation sites excluding steroid dienone is 1. The van der Waals surface area contributed by atoms with Crippen molar-refractivity contribution in [1.82, 2.24) is 0 Å². The highest BCUT2D eigenvalue weighted by atomic mass is 127. The summed E-state index contributed by atoms with van der Waals surface area (Å²) in [5.74, 6) is 0.489. The van der Waals surface area contributed by atoms with Gasteiger partial charge in [-0.05, 0) is 44.9 Å². The summed E-state index contributed by atoms with van der Waals surface area (Å²) in [5, 5.41) is 0. The summed E-state index contributed by atoms with van der Waals surface area (Å²) in [7, 11) is 0. The number of hydrogen-bond acceptors (Lipinski definition) is 2. The van der Waals surface area contributed by atoms with Crippen molar-refractivity contribution in [2.75, 3.05) is 11.0 Å². The third-order valence-corrected chi connectivity index (χ3v) is 6.44. The second-order valence-corrected chi connectivity index (χ2v) is 8.13. The lowest BCUT2D eigenvalue weighted by atomic mass is 9.68. The molecule has 2 aliphatic rings. The fraction of sp³-hybridized carbons (Fsp3) is 0.800. The number of alkyl halides is 2. The van der Waals surface area contributed by atoms with Gasteiger partial charge >= 0.3 is 5.97 Å². The molecular formula is C15H22ClIO2. The van der Waals surface area contributed by atoms with Crippen molar-refractivity contribution in [2.45, 2.75) is 50.8 Å². The topological polar surface area (TPSA) is 26.3 Å². The summed E-state index contributed by atoms with van der Waals surface area (Å²) in [4.78, 5) is 11.1. The molecule has 2 nitrogen and oxygen atoms in total. The number of fused-ring (bicyclic) bond motifs is 2. The van der Waals surface area contributed by atoms with E-state index in [0.29, 0.717) is 11.0 Å². The quantitative estimate of drug-likeness (QED) is 0.303. The highest BCUT2D eigenvalue weighted by Gasteiger charge is 2.37. The molecule has 2 aliphatic carbocycles. The lowest BCUT2D eigenvalue weighted by molar-refractivity contribution is -0.148. The Morgan fingerprint density at radius 3 is 3.05 bits per heavy atom. The van der Waals surface area contributed by atoms with Crippen molar-refractivity contribution >= 4 is 40.2 Å². The van der Waals surface area contributed by atoms with Crippen molar-refractivity contribution in [1.29, 1.82) is 0 Å². The Hall–Kier alpha value is 0.230. The molecule has 0 saturated heterocycles. The first-order valence-corrected chi connectivity index (χ1v) is 8.88. The largest absolute Gasteiger partial charge is 0.463 e. The first-order chi connectivity index (χ1) is 8.85. The van der Waals surface area contributed by atoms with Gasteiger partial charge in [-0.25, -0.2) is 0 Å². The summed E-state index contributed by atoms with van der Waals surface area (Å²) < 4.78 is 6.05. The van der Waals surface area contributed by atoms with Gasteiger partial charge in [-0.15, -0.1) is 11.6 Å². The Kier molecular flexibility index (Phi) is 4.87. The molecule has 0 aliphatic heterocycles. The fourth-order valence-electron chi connectivity index (χ4n) is 3.25. The maximum absolute atomic E-state index is 11.9. The minimum atomic E-state index is -0.894. The third-order valence-electron chi connectivity index (χ3n) is 4.18. The van der Waals surface area contributed by atoms with Gasteiger partial charge in [0.1, 0.15) is 11.5 Å². The Morgan fingerprint density at radius 1 is 1.68 bits per heavy atom. The van der Waals surface area contributed by atoms with Gasteiger partial charge in [0.05, 0.1) is 0 Å². The second kappa shape index (κ2) is 5.92. The maximum atomic E-state index is 11.9. The molecule has 0 aromatic rings. The average Bonchev–Trinajstić information content (AvgIpc) is 2.35. The molecule has 0 amide bonds. The Balaban J connectivity index is 1.97. The summed E-state index contributed by atoms with van der Waals surface area (Å²) in [6.07, 6.45) is 8.60. The van der Waals surface area contributed by atoms with Gasteiger partial charge in [0.2, 0.25) is 0 Å². The number of rotatable bonds is 4. The number of esters is 1. The van der Waals surface area contributed by atoms with E-state index in [1.165, 1.54) is 25.7 Å². The van der Waals surface area contributed by atoms with Gasteiger partial charge in [-0.2, -0.15) is 0 Å². The van der Waals surface area contributed by atoms with E-state index in [1.807, 2.05) is 0 Å². The number of carbonyl (C=O) groups is 1. The molecule has 2 bridgehead atoms. The smallest absolute Gasteiger partial charge is 0.327 e. The Labute approximate surface area is 134 Å². The monoisotopic (exact) mass is 396 g/mol. The van der Waals surface area contributed by atoms with Gasteiger partial charge < -0.3 is 4.74 Å². The lowest BCUT2D eigenvalue weighted by Gasteiger charge is -2.39. The second-order valence-electron chi connectivity index (χ2n) is 6.53. The van der Waals surface area contributed by atoms with Crippen LogP contribution in [0.25, 0.3) is 0 Å². The zero-order valence-corrected chi connectivity index (χ0v) is 14.6. The van der Waals surface area contributed by atoms with Crippen LogP contribution in [0.2, 0.25) is 0 Å². The molecule has 0 heterocycles. The van der Waals surface area contributed by atoms with Gasteiger partial charge in [0.25, 0.3) is 0 Å². The molecule has 19 heavy (non-hydrogen) atoms. The Bertz CT molecular complexity index is 392. The molecule has 0 spiro atoms. The van der Waals surface area contributed by atoms with E-state index in [0.717, 1.165) is 12.3 Å². The first-order valence-electron chi connectivity index (χ1n) is 6.97. The van der Waals surface area contributed by atoms with Crippen molar-refractivity contribution in [2.24, 2.45) is 11.3 Å². The van der Waals surface area contributed by atoms with E-state index in [9.17, 15) is 4.79 Å². The van der Waals surface area contributed by atoms with E-state index in [-0.39, 0.29) is 11.4 Å². The van der Waals surface area contributed by atoms with Crippen LogP contribution in [0.1, 0.15) is 46.0 Å². The predicted molar refractivity (Wildman–Crippen MR) is 86.9 cm³/mol. The molecule has 3 unspecified atom stereocenters. The standard InChI is InChI=1S/C15H22ClIO2/c1-14(10-19-13(18)15(2,16)9-17)7-11-4-3-5-12(6-11)8-14/h7,12H,3-6,8-10H2,1-2H3. The summed E-state index contributed by atoms with van der Waals surface area (Å²) >= 11 is 8.25. The Morgan fingerprint density at radius 2 is 2.42 bits per heavy atom. The third kappa shape index (κ3) is 3.87. The number of hydrogen-bond donors (Lipinski definition) is 0. The molecule has 0 aromatic heterocycles. The summed E-state index contributed by atoms with van der Waals surface area (Å²) in [6.45, 7) is 4.39. The molecule has 1 fully saturated rings. The summed E-state index contributed by atoms with van der Waals surface area (Å²) in [6, 6.07) is 0. The van der Waals surface area contributed by atoms with Gasteiger partial charge in [0.15, 0.2) is 0 Å². The van der Waals surface area contributed by atoms with Crippen LogP contribution in [-0.4, -0.2) is 21.9 Å². The minimum Gasteiger partial charge on any atom is -0.463 e. The van der Waals surface area contributed by atoms with E-state index in [1.54, 1.807) is 12.5 Å². The van der Waals surface area contributed by atoms with E-state index < -0.39 is 4.87 Å². The van der Waals surface area contributed by atoms with Crippen molar-refractivity contribution < 1.29 is 9.53 Å². The van der Waals surface area contributed by atoms with Crippen molar-refractivity contribution in [3.63, 3.8) is 0 Å². The van der Waals surface area contributed by atoms with Crippen LogP contribution in [0.3, 0.4) is 0 Å². The number of halogens is 2. The summed E-state index contributed by atoms with van der Waals surface area (Å²) in [5.41, 5.74) is 1.57. The van der Waals surface area contributed by atoms with Crippen molar-refractivity contribution in [3.8, 4) is 0 Å². The van der Waals surface area contributed by atoms with Crippen LogP contribution in [-0.2, 0) is 9.53 Å². The molecule has 108 valence electrons. The predicted octanol–water partition coefficient (Wildman–Crippen LogP) is 4.49. The van der Waals surface area contributed by atoms with Crippen LogP contribution in [0.5, 0.6) is 0 Å². The highest BCUT2D eigenvalue weighted by molar-refractivity contribution is 14.1. The molecule has 0 radical (unpaired) electrons. The molecule has 2 rings (SSSR count). The van der Waals surface area contributed by atoms with Crippen LogP contribution in [0, 0.1) is 11.3 Å². The maximum Gasteiger partial charge on any atom is 0.327 e. The van der Waals surface area contributed by atoms with E-state index >= 15 is 0 Å². The normalized spacial score (nSPS) is 33.3. The van der Waals surface area contributed by atoms with Crippen LogP contribution in [0.15, 0.2) is 11.6 Å². The average molecular weight is 397 g/mol. The minimum absolute atomic E-state index is 0.00652. The molecule has 1 saturated carbocycles. The number of ether oxygens (including phenoxy) is 1. The van der Waals surface area contributed by atoms with Gasteiger partial charge in [0, 0.05) is 9.84 Å². The molecule has 0 N–H and O–H groups in total. The molecule has 4 heteroatoms. The van der Waals surface area contributed by atoms with Crippen molar-refractivity contribution in [3.05, 3.63) is 11.6 Å². The molecule has 3 atom stereocenters. The lowest BCUT2D eigenvalue weighted by Crippen LogP contribution is -2.37. The zero-order chi connectivity index (χ0) is 14.1. The molecule has 0 aromatic carbocycles. The van der Waals surface area contributed by atoms with Crippen LogP contribution in [0.4, 0.5) is 0 Å². The van der Waals surface area contributed by atoms with Crippen LogP contribution < -0.4 is 0 Å². The van der Waals surface area contributed by atoms with Gasteiger partial charge in [-0.3, -0.25) is 4.79 Å². The van der Waals surface area contributed by atoms with E-state index in [2.05, 4.69) is 35.6 Å².